The lowest BCUT2D eigenvalue weighted by Crippen LogP contribution is -2.35. The smallest absolute Gasteiger partial charge is 0.270 e. The molecule has 0 unspecified atom stereocenters. The molecule has 0 spiro atoms. The molecule has 1 aromatic carbocycles. The van der Waals surface area contributed by atoms with Gasteiger partial charge in [0.05, 0.1) is 4.92 Å². The number of nitro benzene ring substituents is 1. The van der Waals surface area contributed by atoms with E-state index in [9.17, 15) is 18.9 Å². The fourth-order valence-electron chi connectivity index (χ4n) is 2.47. The number of halogens is 2. The van der Waals surface area contributed by atoms with Gasteiger partial charge < -0.3 is 10.0 Å². The van der Waals surface area contributed by atoms with Crippen LogP contribution < -0.4 is 4.90 Å². The molecule has 110 valence electrons. The number of piperidine rings is 1. The van der Waals surface area contributed by atoms with Gasteiger partial charge in [0, 0.05) is 43.1 Å². The van der Waals surface area contributed by atoms with Crippen LogP contribution in [0, 0.1) is 16.0 Å². The average Bonchev–Trinajstić information content (AvgIpc) is 2.46. The van der Waals surface area contributed by atoms with E-state index in [4.69, 9.17) is 5.11 Å². The second-order valence-corrected chi connectivity index (χ2v) is 4.91. The molecule has 5 nitrogen and oxygen atoms in total. The first-order valence-corrected chi connectivity index (χ1v) is 6.45. The number of rotatable bonds is 4. The van der Waals surface area contributed by atoms with Crippen molar-refractivity contribution in [3.8, 4) is 0 Å². The fraction of sp³-hybridized carbons (Fsp3) is 0.538. The van der Waals surface area contributed by atoms with Gasteiger partial charge in [-0.05, 0) is 24.8 Å². The lowest BCUT2D eigenvalue weighted by molar-refractivity contribution is -0.385. The highest BCUT2D eigenvalue weighted by atomic mass is 19.3. The van der Waals surface area contributed by atoms with E-state index in [1.807, 2.05) is 0 Å². The lowest BCUT2D eigenvalue weighted by atomic mass is 9.97. The third-order valence-corrected chi connectivity index (χ3v) is 3.67. The largest absolute Gasteiger partial charge is 0.396 e. The topological polar surface area (TPSA) is 66.6 Å². The van der Waals surface area contributed by atoms with Gasteiger partial charge in [0.2, 0.25) is 0 Å². The summed E-state index contributed by atoms with van der Waals surface area (Å²) < 4.78 is 26.2. The summed E-state index contributed by atoms with van der Waals surface area (Å²) in [6, 6.07) is 3.58. The van der Waals surface area contributed by atoms with Gasteiger partial charge in [-0.15, -0.1) is 0 Å². The molecule has 20 heavy (non-hydrogen) atoms. The van der Waals surface area contributed by atoms with Crippen molar-refractivity contribution in [2.45, 2.75) is 19.3 Å². The van der Waals surface area contributed by atoms with Gasteiger partial charge in [0.25, 0.3) is 12.1 Å². The van der Waals surface area contributed by atoms with E-state index in [0.717, 1.165) is 18.9 Å². The molecule has 1 aliphatic heterocycles. The molecule has 1 fully saturated rings. The van der Waals surface area contributed by atoms with Gasteiger partial charge in [0.15, 0.2) is 0 Å². The maximum absolute atomic E-state index is 13.1. The number of alkyl halides is 2. The van der Waals surface area contributed by atoms with Crippen molar-refractivity contribution in [3.63, 3.8) is 0 Å². The molecular weight excluding hydrogens is 270 g/mol. The Bertz CT molecular complexity index is 489. The van der Waals surface area contributed by atoms with Crippen LogP contribution in [0.5, 0.6) is 0 Å². The van der Waals surface area contributed by atoms with Crippen LogP contribution in [0.15, 0.2) is 18.2 Å². The first-order valence-electron chi connectivity index (χ1n) is 6.45. The maximum Gasteiger partial charge on any atom is 0.270 e. The molecule has 0 radical (unpaired) electrons. The average molecular weight is 286 g/mol. The van der Waals surface area contributed by atoms with Crippen LogP contribution in [0.4, 0.5) is 20.2 Å². The third-order valence-electron chi connectivity index (χ3n) is 3.67. The molecule has 0 aromatic heterocycles. The number of aliphatic hydroxyl groups excluding tert-OH is 1. The summed E-state index contributed by atoms with van der Waals surface area (Å²) in [4.78, 5) is 11.8. The molecule has 0 bridgehead atoms. The Balaban J connectivity index is 2.25. The van der Waals surface area contributed by atoms with E-state index in [0.29, 0.717) is 18.8 Å². The molecule has 7 heteroatoms. The highest BCUT2D eigenvalue weighted by molar-refractivity contribution is 5.58. The summed E-state index contributed by atoms with van der Waals surface area (Å²) in [5.41, 5.74) is -0.280. The quantitative estimate of drug-likeness (QED) is 0.682. The molecule has 1 heterocycles. The number of hydrogen-bond acceptors (Lipinski definition) is 4. The minimum absolute atomic E-state index is 0.107. The zero-order chi connectivity index (χ0) is 14.7. The van der Waals surface area contributed by atoms with E-state index in [2.05, 4.69) is 0 Å². The van der Waals surface area contributed by atoms with Gasteiger partial charge in [-0.1, -0.05) is 0 Å². The monoisotopic (exact) mass is 286 g/mol. The van der Waals surface area contributed by atoms with E-state index in [1.165, 1.54) is 12.1 Å². The van der Waals surface area contributed by atoms with Crippen molar-refractivity contribution in [1.82, 2.24) is 0 Å². The predicted octanol–water partition coefficient (Wildman–Crippen LogP) is 2.74. The SMILES string of the molecule is O=[N+]([O-])c1ccc(N2CCC(CO)CC2)c(C(F)F)c1. The molecule has 1 aromatic rings. The van der Waals surface area contributed by atoms with Gasteiger partial charge in [-0.3, -0.25) is 10.1 Å². The summed E-state index contributed by atoms with van der Waals surface area (Å²) in [7, 11) is 0. The highest BCUT2D eigenvalue weighted by Gasteiger charge is 2.25. The number of nitrogens with zero attached hydrogens (tertiary/aromatic N) is 2. The van der Waals surface area contributed by atoms with Crippen molar-refractivity contribution in [2.75, 3.05) is 24.6 Å². The molecule has 1 saturated heterocycles. The van der Waals surface area contributed by atoms with Crippen LogP contribution in [0.2, 0.25) is 0 Å². The van der Waals surface area contributed by atoms with E-state index in [1.54, 1.807) is 4.90 Å². The first kappa shape index (κ1) is 14.6. The van der Waals surface area contributed by atoms with Gasteiger partial charge in [-0.2, -0.15) is 0 Å². The zero-order valence-electron chi connectivity index (χ0n) is 10.8. The number of nitro groups is 1. The number of anilines is 1. The fourth-order valence-corrected chi connectivity index (χ4v) is 2.47. The standard InChI is InChI=1S/C13H16F2N2O3/c14-13(15)11-7-10(17(19)20)1-2-12(11)16-5-3-9(8-18)4-6-16/h1-2,7,9,13,18H,3-6,8H2. The summed E-state index contributed by atoms with van der Waals surface area (Å²) in [5, 5.41) is 19.7. The van der Waals surface area contributed by atoms with Gasteiger partial charge in [0.1, 0.15) is 0 Å². The van der Waals surface area contributed by atoms with Crippen molar-refractivity contribution >= 4 is 11.4 Å². The van der Waals surface area contributed by atoms with E-state index in [-0.39, 0.29) is 23.8 Å². The van der Waals surface area contributed by atoms with Crippen molar-refractivity contribution in [1.29, 1.82) is 0 Å². The van der Waals surface area contributed by atoms with Crippen molar-refractivity contribution in [2.24, 2.45) is 5.92 Å². The lowest BCUT2D eigenvalue weighted by Gasteiger charge is -2.34. The Morgan fingerprint density at radius 2 is 2.05 bits per heavy atom. The Labute approximate surface area is 115 Å². The van der Waals surface area contributed by atoms with Crippen LogP contribution >= 0.6 is 0 Å². The van der Waals surface area contributed by atoms with Crippen LogP contribution in [0.25, 0.3) is 0 Å². The van der Waals surface area contributed by atoms with Crippen LogP contribution in [0.3, 0.4) is 0 Å². The maximum atomic E-state index is 13.1. The molecule has 1 N–H and O–H groups in total. The normalized spacial score (nSPS) is 16.7. The zero-order valence-corrected chi connectivity index (χ0v) is 10.8. The van der Waals surface area contributed by atoms with Crippen LogP contribution in [-0.4, -0.2) is 29.7 Å². The Morgan fingerprint density at radius 1 is 1.40 bits per heavy atom. The van der Waals surface area contributed by atoms with Crippen molar-refractivity contribution < 1.29 is 18.8 Å². The Hall–Kier alpha value is -1.76. The minimum Gasteiger partial charge on any atom is -0.396 e. The summed E-state index contributed by atoms with van der Waals surface area (Å²) >= 11 is 0. The number of hydrogen-bond donors (Lipinski definition) is 1. The van der Waals surface area contributed by atoms with Gasteiger partial charge >= 0.3 is 0 Å². The molecular formula is C13H16F2N2O3. The minimum atomic E-state index is -2.75. The second kappa shape index (κ2) is 6.13. The Morgan fingerprint density at radius 3 is 2.55 bits per heavy atom. The molecule has 0 atom stereocenters. The summed E-state index contributed by atoms with van der Waals surface area (Å²) in [6.45, 7) is 1.25. The Kier molecular flexibility index (Phi) is 4.49. The van der Waals surface area contributed by atoms with Crippen LogP contribution in [0.1, 0.15) is 24.8 Å². The molecule has 1 aliphatic rings. The molecule has 0 amide bonds. The highest BCUT2D eigenvalue weighted by Crippen LogP contribution is 2.34. The third kappa shape index (κ3) is 3.04. The second-order valence-electron chi connectivity index (χ2n) is 4.91. The number of aliphatic hydroxyl groups is 1. The van der Waals surface area contributed by atoms with E-state index < -0.39 is 11.3 Å². The first-order chi connectivity index (χ1) is 9.52. The van der Waals surface area contributed by atoms with Crippen LogP contribution in [-0.2, 0) is 0 Å². The molecule has 0 saturated carbocycles. The number of non-ortho nitro benzene ring substituents is 1. The summed E-state index contributed by atoms with van der Waals surface area (Å²) in [5.74, 6) is 0.208. The summed E-state index contributed by atoms with van der Waals surface area (Å²) in [6.07, 6.45) is -1.28. The predicted molar refractivity (Wildman–Crippen MR) is 70.1 cm³/mol. The number of benzene rings is 1. The van der Waals surface area contributed by atoms with Crippen molar-refractivity contribution in [3.05, 3.63) is 33.9 Å². The molecule has 0 aliphatic carbocycles. The van der Waals surface area contributed by atoms with E-state index >= 15 is 0 Å². The molecule has 2 rings (SSSR count). The van der Waals surface area contributed by atoms with Gasteiger partial charge in [-0.25, -0.2) is 8.78 Å².